The van der Waals surface area contributed by atoms with Crippen LogP contribution in [0.5, 0.6) is 0 Å². The summed E-state index contributed by atoms with van der Waals surface area (Å²) in [6, 6.07) is 6.41. The predicted octanol–water partition coefficient (Wildman–Crippen LogP) is 5.09. The number of aryl methyl sites for hydroxylation is 1. The first-order chi connectivity index (χ1) is 9.92. The number of nitrogens with zero attached hydrogens (tertiary/aromatic N) is 1. The van der Waals surface area contributed by atoms with Crippen molar-refractivity contribution in [3.05, 3.63) is 23.8 Å². The summed E-state index contributed by atoms with van der Waals surface area (Å²) in [7, 11) is 8.02. The molecular weight excluding hydrogens is 373 g/mol. The van der Waals surface area contributed by atoms with Crippen molar-refractivity contribution in [2.75, 3.05) is 0 Å². The molecule has 0 amide bonds. The van der Waals surface area contributed by atoms with Crippen molar-refractivity contribution in [3.8, 4) is 0 Å². The van der Waals surface area contributed by atoms with E-state index in [1.165, 1.54) is 48.6 Å². The topological polar surface area (TPSA) is 12.4 Å². The van der Waals surface area contributed by atoms with Gasteiger partial charge in [-0.1, -0.05) is 35.4 Å². The summed E-state index contributed by atoms with van der Waals surface area (Å²) in [4.78, 5) is 1.04. The molecule has 0 radical (unpaired) electrons. The molecule has 0 aliphatic heterocycles. The summed E-state index contributed by atoms with van der Waals surface area (Å²) in [5.74, 6) is 0. The standard InChI is InChI=1S/C15H23NSSi.2ClH.Ti/c1-12-8-7-11-14(15(12)17)18(2,3)16-13-9-5-4-6-10-13;;;/h7-8,11,17H,4-6,9-10H2,1-3H3;2*1H;/q;;;+2/p-3. The molecule has 0 spiro atoms. The molecule has 1 saturated carbocycles. The molecule has 116 valence electrons. The van der Waals surface area contributed by atoms with Gasteiger partial charge in [0.2, 0.25) is 8.24 Å². The van der Waals surface area contributed by atoms with Crippen LogP contribution in [-0.2, 0) is 29.7 Å². The molecule has 6 heteroatoms. The Morgan fingerprint density at radius 2 is 1.71 bits per heavy atom. The van der Waals surface area contributed by atoms with E-state index >= 15 is 0 Å². The monoisotopic (exact) mass is 394 g/mol. The van der Waals surface area contributed by atoms with Gasteiger partial charge in [0.25, 0.3) is 0 Å². The van der Waals surface area contributed by atoms with Crippen LogP contribution in [0.25, 0.3) is 0 Å². The normalized spacial score (nSPS) is 15.0. The molecule has 21 heavy (non-hydrogen) atoms. The zero-order chi connectivity index (χ0) is 15.9. The van der Waals surface area contributed by atoms with Gasteiger partial charge >= 0.3 is 35.6 Å². The fraction of sp³-hybridized carbons (Fsp3) is 0.533. The van der Waals surface area contributed by atoms with Gasteiger partial charge in [0, 0.05) is 5.71 Å². The Balaban J connectivity index is 0.000000677. The number of rotatable bonds is 2. The predicted molar refractivity (Wildman–Crippen MR) is 96.2 cm³/mol. The van der Waals surface area contributed by atoms with E-state index in [2.05, 4.69) is 38.2 Å². The molecule has 2 rings (SSSR count). The Morgan fingerprint density at radius 1 is 1.14 bits per heavy atom. The van der Waals surface area contributed by atoms with Crippen molar-refractivity contribution >= 4 is 50.4 Å². The van der Waals surface area contributed by atoms with E-state index in [4.69, 9.17) is 35.9 Å². The van der Waals surface area contributed by atoms with Crippen LogP contribution in [0.2, 0.25) is 13.1 Å². The number of hydrogen-bond donors (Lipinski definition) is 0. The first-order valence-electron chi connectivity index (χ1n) is 7.23. The molecule has 0 aromatic heterocycles. The van der Waals surface area contributed by atoms with Crippen LogP contribution in [-0.4, -0.2) is 13.9 Å². The molecule has 0 bridgehead atoms. The van der Waals surface area contributed by atoms with E-state index in [0.717, 1.165) is 4.90 Å². The van der Waals surface area contributed by atoms with Gasteiger partial charge in [-0.25, -0.2) is 0 Å². The minimum atomic E-state index is -1.76. The van der Waals surface area contributed by atoms with Crippen LogP contribution < -0.4 is 5.19 Å². The van der Waals surface area contributed by atoms with E-state index < -0.39 is 25.3 Å². The fourth-order valence-corrected chi connectivity index (χ4v) is 5.94. The first-order valence-corrected chi connectivity index (χ1v) is 14.9. The summed E-state index contributed by atoms with van der Waals surface area (Å²) < 4.78 is 5.13. The zero-order valence-corrected chi connectivity index (χ0v) is 17.8. The van der Waals surface area contributed by atoms with E-state index in [1.807, 2.05) is 0 Å². The summed E-state index contributed by atoms with van der Waals surface area (Å²) in [6.07, 6.45) is 6.41. The average Bonchev–Trinajstić information content (AvgIpc) is 2.43. The molecule has 0 N–H and O–H groups in total. The Bertz CT molecular complexity index is 487. The van der Waals surface area contributed by atoms with Gasteiger partial charge in [-0.15, -0.1) is 0 Å². The quantitative estimate of drug-likeness (QED) is 0.502. The number of hydrogen-bond acceptors (Lipinski definition) is 2. The van der Waals surface area contributed by atoms with Gasteiger partial charge in [0.1, 0.15) is 0 Å². The van der Waals surface area contributed by atoms with Crippen molar-refractivity contribution in [1.29, 1.82) is 0 Å². The zero-order valence-electron chi connectivity index (χ0n) is 12.9. The van der Waals surface area contributed by atoms with E-state index in [-0.39, 0.29) is 0 Å². The van der Waals surface area contributed by atoms with Crippen LogP contribution in [0, 0.1) is 6.92 Å². The third-order valence-electron chi connectivity index (χ3n) is 3.74. The van der Waals surface area contributed by atoms with Gasteiger partial charge in [-0.3, -0.25) is 0 Å². The Hall–Kier alpha value is 0.621. The maximum absolute atomic E-state index is 5.57. The molecule has 0 unspecified atom stereocenters. The molecule has 0 heterocycles. The van der Waals surface area contributed by atoms with Gasteiger partial charge in [0.15, 0.2) is 0 Å². The molecule has 1 aliphatic carbocycles. The van der Waals surface area contributed by atoms with Crippen LogP contribution in [0.15, 0.2) is 27.8 Å². The van der Waals surface area contributed by atoms with Crippen LogP contribution in [0.4, 0.5) is 0 Å². The summed E-state index contributed by atoms with van der Waals surface area (Å²) >= 11 is 5.02. The third-order valence-corrected chi connectivity index (χ3v) is 7.07. The Labute approximate surface area is 152 Å². The van der Waals surface area contributed by atoms with Crippen LogP contribution >= 0.6 is 18.6 Å². The summed E-state index contributed by atoms with van der Waals surface area (Å²) in [6.45, 7) is 6.74. The van der Waals surface area contributed by atoms with Gasteiger partial charge in [-0.2, -0.15) is 4.90 Å². The van der Waals surface area contributed by atoms with E-state index in [0.29, 0.717) is 0 Å². The molecule has 1 fully saturated rings. The van der Waals surface area contributed by atoms with Gasteiger partial charge < -0.3 is 17.3 Å². The van der Waals surface area contributed by atoms with Gasteiger partial charge in [-0.05, 0) is 45.7 Å². The van der Waals surface area contributed by atoms with Crippen molar-refractivity contribution in [2.45, 2.75) is 57.0 Å². The van der Waals surface area contributed by atoms with Crippen LogP contribution in [0.3, 0.4) is 0 Å². The Kier molecular flexibility index (Phi) is 9.08. The molecule has 1 aliphatic rings. The number of halogens is 2. The molecule has 1 nitrogen and oxygen atoms in total. The second-order valence-electron chi connectivity index (χ2n) is 5.82. The number of benzene rings is 1. The molecule has 1 aromatic carbocycles. The molecule has 0 atom stereocenters. The fourth-order valence-electron chi connectivity index (χ4n) is 2.66. The van der Waals surface area contributed by atoms with E-state index in [9.17, 15) is 0 Å². The molecule has 1 aromatic rings. The summed E-state index contributed by atoms with van der Waals surface area (Å²) in [5, 5.41) is 1.33. The molecular formula is C15H22Cl2NSSiTi-. The summed E-state index contributed by atoms with van der Waals surface area (Å²) in [5.41, 5.74) is 2.65. The van der Waals surface area contributed by atoms with Gasteiger partial charge in [0.05, 0.1) is 0 Å². The van der Waals surface area contributed by atoms with Crippen molar-refractivity contribution < 1.29 is 17.0 Å². The third kappa shape index (κ3) is 6.33. The Morgan fingerprint density at radius 3 is 2.29 bits per heavy atom. The first kappa shape index (κ1) is 19.7. The average molecular weight is 395 g/mol. The second-order valence-corrected chi connectivity index (χ2v) is 12.7. The minimum absolute atomic E-state index is 0.556. The molecule has 0 saturated heterocycles. The van der Waals surface area contributed by atoms with Crippen LogP contribution in [0.1, 0.15) is 37.7 Å². The van der Waals surface area contributed by atoms with E-state index in [1.54, 1.807) is 0 Å². The van der Waals surface area contributed by atoms with Crippen molar-refractivity contribution in [2.24, 2.45) is 4.66 Å². The van der Waals surface area contributed by atoms with Crippen molar-refractivity contribution in [1.82, 2.24) is 0 Å². The SMILES string of the molecule is Cc1cccc([Si](C)(C)N=C2CCCCC2)c1[S-].[Cl][Ti][Cl]. The second kappa shape index (κ2) is 9.69. The maximum atomic E-state index is 5.57. The van der Waals surface area contributed by atoms with Crippen molar-refractivity contribution in [3.63, 3.8) is 0 Å².